The second-order valence-electron chi connectivity index (χ2n) is 7.49. The Kier molecular flexibility index (Phi) is 5.09. The summed E-state index contributed by atoms with van der Waals surface area (Å²) >= 11 is 0. The maximum Gasteiger partial charge on any atom is 0.408 e. The minimum absolute atomic E-state index is 0.125. The van der Waals surface area contributed by atoms with Crippen molar-refractivity contribution in [2.24, 2.45) is 0 Å². The molecule has 2 aromatic carbocycles. The zero-order valence-electron chi connectivity index (χ0n) is 16.3. The molecule has 3 aromatic rings. The molecular formula is C21H23N3O4. The van der Waals surface area contributed by atoms with E-state index >= 15 is 0 Å². The molecule has 0 saturated heterocycles. The van der Waals surface area contributed by atoms with Crippen molar-refractivity contribution in [3.63, 3.8) is 0 Å². The molecule has 1 atom stereocenters. The van der Waals surface area contributed by atoms with Crippen LogP contribution in [0.4, 0.5) is 4.79 Å². The van der Waals surface area contributed by atoms with Crippen LogP contribution in [0.5, 0.6) is 5.75 Å². The van der Waals surface area contributed by atoms with Crippen LogP contribution in [-0.4, -0.2) is 26.4 Å². The van der Waals surface area contributed by atoms with Gasteiger partial charge >= 0.3 is 6.09 Å². The van der Waals surface area contributed by atoms with Crippen LogP contribution in [0.1, 0.15) is 39.6 Å². The Morgan fingerprint density at radius 1 is 1.14 bits per heavy atom. The third-order valence-electron chi connectivity index (χ3n) is 4.04. The minimum Gasteiger partial charge on any atom is -0.507 e. The smallest absolute Gasteiger partial charge is 0.408 e. The molecule has 7 nitrogen and oxygen atoms in total. The molecule has 0 spiro atoms. The summed E-state index contributed by atoms with van der Waals surface area (Å²) in [7, 11) is 0. The normalized spacial score (nSPS) is 12.6. The van der Waals surface area contributed by atoms with Crippen molar-refractivity contribution in [3.05, 3.63) is 64.7 Å². The van der Waals surface area contributed by atoms with Crippen LogP contribution < -0.4 is 10.9 Å². The molecule has 1 aromatic heterocycles. The van der Waals surface area contributed by atoms with E-state index in [1.165, 1.54) is 10.6 Å². The number of rotatable bonds is 3. The molecule has 7 heteroatoms. The SMILES string of the molecule is C[C@H](NC(=O)OC(C)(C)C)c1nc2cccc(O)c2c(=O)n1-c1ccccc1. The van der Waals surface area contributed by atoms with E-state index in [4.69, 9.17) is 4.74 Å². The van der Waals surface area contributed by atoms with Crippen molar-refractivity contribution >= 4 is 17.0 Å². The van der Waals surface area contributed by atoms with Gasteiger partial charge in [-0.2, -0.15) is 0 Å². The molecule has 0 aliphatic carbocycles. The largest absolute Gasteiger partial charge is 0.507 e. The highest BCUT2D eigenvalue weighted by molar-refractivity contribution is 5.84. The molecule has 0 aliphatic heterocycles. The second kappa shape index (κ2) is 7.34. The van der Waals surface area contributed by atoms with Crippen LogP contribution >= 0.6 is 0 Å². The highest BCUT2D eigenvalue weighted by atomic mass is 16.6. The number of ether oxygens (including phenoxy) is 1. The lowest BCUT2D eigenvalue weighted by molar-refractivity contribution is 0.0505. The van der Waals surface area contributed by atoms with Gasteiger partial charge in [0, 0.05) is 0 Å². The van der Waals surface area contributed by atoms with Crippen molar-refractivity contribution in [2.75, 3.05) is 0 Å². The first-order valence-corrected chi connectivity index (χ1v) is 8.97. The number of aromatic hydroxyl groups is 1. The Labute approximate surface area is 162 Å². The number of amides is 1. The molecule has 0 saturated carbocycles. The number of alkyl carbamates (subject to hydrolysis) is 1. The zero-order valence-corrected chi connectivity index (χ0v) is 16.3. The van der Waals surface area contributed by atoms with Gasteiger partial charge in [0.15, 0.2) is 0 Å². The Morgan fingerprint density at radius 2 is 1.82 bits per heavy atom. The Morgan fingerprint density at radius 3 is 2.46 bits per heavy atom. The van der Waals surface area contributed by atoms with Crippen LogP contribution in [0.3, 0.4) is 0 Å². The van der Waals surface area contributed by atoms with Gasteiger partial charge in [-0.3, -0.25) is 9.36 Å². The molecule has 1 heterocycles. The number of carbonyl (C=O) groups is 1. The Balaban J connectivity index is 2.15. The van der Waals surface area contributed by atoms with E-state index in [9.17, 15) is 14.7 Å². The van der Waals surface area contributed by atoms with E-state index in [2.05, 4.69) is 10.3 Å². The lowest BCUT2D eigenvalue weighted by Gasteiger charge is -2.23. The molecule has 0 radical (unpaired) electrons. The summed E-state index contributed by atoms with van der Waals surface area (Å²) in [6.45, 7) is 7.04. The number of hydrogen-bond donors (Lipinski definition) is 2. The summed E-state index contributed by atoms with van der Waals surface area (Å²) in [5.74, 6) is 0.194. The van der Waals surface area contributed by atoms with E-state index in [-0.39, 0.29) is 11.1 Å². The highest BCUT2D eigenvalue weighted by Crippen LogP contribution is 2.23. The van der Waals surface area contributed by atoms with Crippen molar-refractivity contribution in [1.29, 1.82) is 0 Å². The third kappa shape index (κ3) is 3.98. The minimum atomic E-state index is -0.647. The van der Waals surface area contributed by atoms with E-state index in [1.54, 1.807) is 64.1 Å². The first-order chi connectivity index (χ1) is 13.2. The number of fused-ring (bicyclic) bond motifs is 1. The van der Waals surface area contributed by atoms with Gasteiger partial charge in [0.25, 0.3) is 5.56 Å². The Bertz CT molecular complexity index is 1070. The summed E-state index contributed by atoms with van der Waals surface area (Å²) in [5, 5.41) is 13.0. The summed E-state index contributed by atoms with van der Waals surface area (Å²) in [6, 6.07) is 13.1. The van der Waals surface area contributed by atoms with Crippen LogP contribution in [0.15, 0.2) is 53.3 Å². The van der Waals surface area contributed by atoms with Gasteiger partial charge in [-0.15, -0.1) is 0 Å². The maximum absolute atomic E-state index is 13.2. The van der Waals surface area contributed by atoms with Crippen LogP contribution in [0, 0.1) is 0 Å². The van der Waals surface area contributed by atoms with Gasteiger partial charge in [0.2, 0.25) is 0 Å². The van der Waals surface area contributed by atoms with Crippen molar-refractivity contribution in [3.8, 4) is 11.4 Å². The molecule has 0 fully saturated rings. The van der Waals surface area contributed by atoms with E-state index in [0.29, 0.717) is 17.0 Å². The van der Waals surface area contributed by atoms with Gasteiger partial charge in [0.05, 0.1) is 17.2 Å². The number of phenols is 1. The average Bonchev–Trinajstić information content (AvgIpc) is 2.60. The lowest BCUT2D eigenvalue weighted by Crippen LogP contribution is -2.36. The maximum atomic E-state index is 13.2. The predicted molar refractivity (Wildman–Crippen MR) is 107 cm³/mol. The molecule has 3 rings (SSSR count). The van der Waals surface area contributed by atoms with Gasteiger partial charge < -0.3 is 15.2 Å². The molecule has 28 heavy (non-hydrogen) atoms. The monoisotopic (exact) mass is 381 g/mol. The number of aromatic nitrogens is 2. The van der Waals surface area contributed by atoms with Crippen molar-refractivity contribution < 1.29 is 14.6 Å². The number of nitrogens with zero attached hydrogens (tertiary/aromatic N) is 2. The number of benzene rings is 2. The fraction of sp³-hybridized carbons (Fsp3) is 0.286. The lowest BCUT2D eigenvalue weighted by atomic mass is 10.2. The van der Waals surface area contributed by atoms with E-state index < -0.39 is 23.3 Å². The highest BCUT2D eigenvalue weighted by Gasteiger charge is 2.23. The molecule has 0 unspecified atom stereocenters. The van der Waals surface area contributed by atoms with Gasteiger partial charge in [-0.25, -0.2) is 9.78 Å². The molecule has 0 aliphatic rings. The van der Waals surface area contributed by atoms with Crippen molar-refractivity contribution in [1.82, 2.24) is 14.9 Å². The van der Waals surface area contributed by atoms with Crippen LogP contribution in [-0.2, 0) is 4.74 Å². The van der Waals surface area contributed by atoms with E-state index in [1.807, 2.05) is 6.07 Å². The quantitative estimate of drug-likeness (QED) is 0.722. The molecule has 146 valence electrons. The standard InChI is InChI=1S/C21H23N3O4/c1-13(22-20(27)28-21(2,3)4)18-23-15-11-8-12-16(25)17(15)19(26)24(18)14-9-6-5-7-10-14/h5-13,25H,1-4H3,(H,22,27)/t13-/m0/s1. The first kappa shape index (κ1) is 19.4. The van der Waals surface area contributed by atoms with Gasteiger partial charge in [-0.05, 0) is 52.0 Å². The molecule has 0 bridgehead atoms. The summed E-state index contributed by atoms with van der Waals surface area (Å²) in [6.07, 6.45) is -0.607. The van der Waals surface area contributed by atoms with E-state index in [0.717, 1.165) is 0 Å². The summed E-state index contributed by atoms with van der Waals surface area (Å²) < 4.78 is 6.70. The van der Waals surface area contributed by atoms with Gasteiger partial charge in [-0.1, -0.05) is 24.3 Å². The molecule has 1 amide bonds. The number of hydrogen-bond acceptors (Lipinski definition) is 5. The van der Waals surface area contributed by atoms with Crippen LogP contribution in [0.25, 0.3) is 16.6 Å². The topological polar surface area (TPSA) is 93.5 Å². The fourth-order valence-corrected chi connectivity index (χ4v) is 2.90. The number of nitrogens with one attached hydrogen (secondary N) is 1. The van der Waals surface area contributed by atoms with Crippen molar-refractivity contribution in [2.45, 2.75) is 39.3 Å². The molecule has 2 N–H and O–H groups in total. The summed E-state index contributed by atoms with van der Waals surface area (Å²) in [5.41, 5.74) is -0.129. The number of para-hydroxylation sites is 1. The predicted octanol–water partition coefficient (Wildman–Crippen LogP) is 3.68. The molecular weight excluding hydrogens is 358 g/mol. The first-order valence-electron chi connectivity index (χ1n) is 8.97. The van der Waals surface area contributed by atoms with Gasteiger partial charge in [0.1, 0.15) is 22.6 Å². The third-order valence-corrected chi connectivity index (χ3v) is 4.04. The summed E-state index contributed by atoms with van der Waals surface area (Å²) in [4.78, 5) is 30.0. The number of carbonyl (C=O) groups excluding carboxylic acids is 1. The number of phenolic OH excluding ortho intramolecular Hbond substituents is 1. The fourth-order valence-electron chi connectivity index (χ4n) is 2.90. The Hall–Kier alpha value is -3.35. The second-order valence-corrected chi connectivity index (χ2v) is 7.49. The zero-order chi connectivity index (χ0) is 20.5. The van der Waals surface area contributed by atoms with Crippen LogP contribution in [0.2, 0.25) is 0 Å². The average molecular weight is 381 g/mol.